The number of nitrogens with one attached hydrogen (secondary N) is 2. The predicted molar refractivity (Wildman–Crippen MR) is 96.9 cm³/mol. The van der Waals surface area contributed by atoms with Gasteiger partial charge in [-0.15, -0.1) is 0 Å². The lowest BCUT2D eigenvalue weighted by molar-refractivity contribution is 0.749. The zero-order chi connectivity index (χ0) is 16.4. The van der Waals surface area contributed by atoms with E-state index in [0.29, 0.717) is 17.0 Å². The van der Waals surface area contributed by atoms with Crippen molar-refractivity contribution < 1.29 is 0 Å². The maximum Gasteiger partial charge on any atom is 0.229 e. The van der Waals surface area contributed by atoms with Crippen LogP contribution in [0.1, 0.15) is 42.5 Å². The number of rotatable bonds is 4. The van der Waals surface area contributed by atoms with Crippen molar-refractivity contribution in [2.45, 2.75) is 52.5 Å². The van der Waals surface area contributed by atoms with E-state index in [1.54, 1.807) is 0 Å². The molecule has 1 aliphatic rings. The molecule has 3 rings (SSSR count). The highest BCUT2D eigenvalue weighted by molar-refractivity contribution is 6.33. The number of anilines is 3. The number of hydrogen-bond acceptors (Lipinski definition) is 4. The summed E-state index contributed by atoms with van der Waals surface area (Å²) in [5.41, 5.74) is 4.04. The molecule has 0 atom stereocenters. The van der Waals surface area contributed by atoms with E-state index in [1.807, 2.05) is 32.9 Å². The average molecular weight is 331 g/mol. The van der Waals surface area contributed by atoms with Crippen LogP contribution in [0.25, 0.3) is 0 Å². The Balaban J connectivity index is 1.84. The Morgan fingerprint density at radius 1 is 1.04 bits per heavy atom. The molecule has 5 heteroatoms. The Labute approximate surface area is 142 Å². The molecule has 2 N–H and O–H groups in total. The molecule has 1 aliphatic carbocycles. The molecule has 0 unspecified atom stereocenters. The largest absolute Gasteiger partial charge is 0.367 e. The predicted octanol–water partition coefficient (Wildman–Crippen LogP) is 5.15. The molecule has 122 valence electrons. The second-order valence-electron chi connectivity index (χ2n) is 6.41. The molecule has 0 aliphatic heterocycles. The van der Waals surface area contributed by atoms with E-state index < -0.39 is 0 Å². The van der Waals surface area contributed by atoms with Crippen molar-refractivity contribution in [3.05, 3.63) is 40.0 Å². The minimum absolute atomic E-state index is 0.529. The van der Waals surface area contributed by atoms with E-state index in [1.165, 1.54) is 25.7 Å². The van der Waals surface area contributed by atoms with Crippen molar-refractivity contribution in [3.8, 4) is 0 Å². The standard InChI is InChI=1S/C18H23ClN4/c1-11-8-12(2)17(15(19)9-11)23-18-20-13(3)10-16(22-18)21-14-6-4-5-7-14/h8-10,14H,4-7H2,1-3H3,(H2,20,21,22,23). The van der Waals surface area contributed by atoms with Crippen molar-refractivity contribution >= 4 is 29.1 Å². The van der Waals surface area contributed by atoms with Crippen LogP contribution < -0.4 is 10.6 Å². The van der Waals surface area contributed by atoms with Gasteiger partial charge >= 0.3 is 0 Å². The summed E-state index contributed by atoms with van der Waals surface area (Å²) < 4.78 is 0. The van der Waals surface area contributed by atoms with Gasteiger partial charge in [-0.25, -0.2) is 4.98 Å². The van der Waals surface area contributed by atoms with Crippen LogP contribution >= 0.6 is 11.6 Å². The van der Waals surface area contributed by atoms with Gasteiger partial charge in [0, 0.05) is 17.8 Å². The number of halogens is 1. The zero-order valence-electron chi connectivity index (χ0n) is 13.9. The van der Waals surface area contributed by atoms with Crippen LogP contribution in [0.2, 0.25) is 5.02 Å². The zero-order valence-corrected chi connectivity index (χ0v) is 14.7. The van der Waals surface area contributed by atoms with Gasteiger partial charge in [-0.05, 0) is 50.8 Å². The van der Waals surface area contributed by atoms with Gasteiger partial charge in [0.1, 0.15) is 5.82 Å². The summed E-state index contributed by atoms with van der Waals surface area (Å²) in [4.78, 5) is 9.09. The Bertz CT molecular complexity index is 685. The van der Waals surface area contributed by atoms with Gasteiger partial charge in [-0.2, -0.15) is 4.98 Å². The Hall–Kier alpha value is -1.81. The fourth-order valence-electron chi connectivity index (χ4n) is 3.16. The first-order valence-corrected chi connectivity index (χ1v) is 8.55. The summed E-state index contributed by atoms with van der Waals surface area (Å²) in [6, 6.07) is 6.57. The lowest BCUT2D eigenvalue weighted by atomic mass is 10.1. The number of aromatic nitrogens is 2. The van der Waals surface area contributed by atoms with E-state index in [0.717, 1.165) is 28.3 Å². The quantitative estimate of drug-likeness (QED) is 0.813. The maximum atomic E-state index is 6.37. The van der Waals surface area contributed by atoms with Crippen molar-refractivity contribution in [2.75, 3.05) is 10.6 Å². The van der Waals surface area contributed by atoms with Crippen LogP contribution in [-0.2, 0) is 0 Å². The van der Waals surface area contributed by atoms with E-state index >= 15 is 0 Å². The maximum absolute atomic E-state index is 6.37. The van der Waals surface area contributed by atoms with E-state index in [9.17, 15) is 0 Å². The SMILES string of the molecule is Cc1cc(C)c(Nc2nc(C)cc(NC3CCCC3)n2)c(Cl)c1. The van der Waals surface area contributed by atoms with E-state index in [2.05, 4.69) is 26.7 Å². The van der Waals surface area contributed by atoms with Gasteiger partial charge in [0.05, 0.1) is 10.7 Å². The Morgan fingerprint density at radius 3 is 2.48 bits per heavy atom. The molecule has 0 saturated heterocycles. The van der Waals surface area contributed by atoms with Crippen LogP contribution in [0.4, 0.5) is 17.5 Å². The first-order valence-electron chi connectivity index (χ1n) is 8.17. The summed E-state index contributed by atoms with van der Waals surface area (Å²) in [5.74, 6) is 1.46. The molecule has 0 spiro atoms. The summed E-state index contributed by atoms with van der Waals surface area (Å²) in [7, 11) is 0. The molecular formula is C18H23ClN4. The molecule has 4 nitrogen and oxygen atoms in total. The normalized spacial score (nSPS) is 15.0. The topological polar surface area (TPSA) is 49.8 Å². The van der Waals surface area contributed by atoms with Gasteiger partial charge in [-0.1, -0.05) is 30.5 Å². The van der Waals surface area contributed by atoms with Gasteiger partial charge in [0.2, 0.25) is 5.95 Å². The molecule has 1 fully saturated rings. The average Bonchev–Trinajstić information content (AvgIpc) is 2.95. The Kier molecular flexibility index (Phi) is 4.71. The van der Waals surface area contributed by atoms with Crippen molar-refractivity contribution in [2.24, 2.45) is 0 Å². The minimum atomic E-state index is 0.529. The summed E-state index contributed by atoms with van der Waals surface area (Å²) in [6.45, 7) is 6.06. The van der Waals surface area contributed by atoms with Crippen LogP contribution in [0.15, 0.2) is 18.2 Å². The molecule has 1 heterocycles. The molecule has 23 heavy (non-hydrogen) atoms. The molecule has 2 aromatic rings. The van der Waals surface area contributed by atoms with E-state index in [4.69, 9.17) is 11.6 Å². The monoisotopic (exact) mass is 330 g/mol. The van der Waals surface area contributed by atoms with Crippen molar-refractivity contribution in [1.82, 2.24) is 9.97 Å². The van der Waals surface area contributed by atoms with Gasteiger partial charge in [0.25, 0.3) is 0 Å². The highest BCUT2D eigenvalue weighted by atomic mass is 35.5. The van der Waals surface area contributed by atoms with Crippen LogP contribution in [-0.4, -0.2) is 16.0 Å². The summed E-state index contributed by atoms with van der Waals surface area (Å²) in [6.07, 6.45) is 5.03. The Morgan fingerprint density at radius 2 is 1.78 bits per heavy atom. The van der Waals surface area contributed by atoms with Crippen LogP contribution in [0.3, 0.4) is 0 Å². The number of aryl methyl sites for hydroxylation is 3. The third kappa shape index (κ3) is 3.94. The molecule has 1 saturated carbocycles. The highest BCUT2D eigenvalue weighted by Crippen LogP contribution is 2.30. The molecule has 0 amide bonds. The second kappa shape index (κ2) is 6.75. The fourth-order valence-corrected chi connectivity index (χ4v) is 3.53. The molecular weight excluding hydrogens is 308 g/mol. The van der Waals surface area contributed by atoms with Gasteiger partial charge in [0.15, 0.2) is 0 Å². The van der Waals surface area contributed by atoms with Crippen LogP contribution in [0, 0.1) is 20.8 Å². The van der Waals surface area contributed by atoms with E-state index in [-0.39, 0.29) is 0 Å². The number of nitrogens with zero attached hydrogens (tertiary/aromatic N) is 2. The van der Waals surface area contributed by atoms with Gasteiger partial charge < -0.3 is 10.6 Å². The van der Waals surface area contributed by atoms with Crippen molar-refractivity contribution in [1.29, 1.82) is 0 Å². The fraction of sp³-hybridized carbons (Fsp3) is 0.444. The number of hydrogen-bond donors (Lipinski definition) is 2. The second-order valence-corrected chi connectivity index (χ2v) is 6.81. The highest BCUT2D eigenvalue weighted by Gasteiger charge is 2.16. The third-order valence-corrected chi connectivity index (χ3v) is 4.53. The molecule has 0 bridgehead atoms. The molecule has 0 radical (unpaired) electrons. The summed E-state index contributed by atoms with van der Waals surface area (Å²) in [5, 5.41) is 7.49. The smallest absolute Gasteiger partial charge is 0.229 e. The molecule has 1 aromatic carbocycles. The minimum Gasteiger partial charge on any atom is -0.367 e. The number of benzene rings is 1. The third-order valence-electron chi connectivity index (χ3n) is 4.23. The lowest BCUT2D eigenvalue weighted by Gasteiger charge is -2.15. The van der Waals surface area contributed by atoms with Crippen LogP contribution in [0.5, 0.6) is 0 Å². The van der Waals surface area contributed by atoms with Gasteiger partial charge in [-0.3, -0.25) is 0 Å². The first-order chi connectivity index (χ1) is 11.0. The molecule has 1 aromatic heterocycles. The van der Waals surface area contributed by atoms with Crippen molar-refractivity contribution in [3.63, 3.8) is 0 Å². The summed E-state index contributed by atoms with van der Waals surface area (Å²) >= 11 is 6.37. The first kappa shape index (κ1) is 16.1. The lowest BCUT2D eigenvalue weighted by Crippen LogP contribution is -2.16.